The Balaban J connectivity index is 1.60. The molecule has 3 heterocycles. The molecule has 0 spiro atoms. The number of amides is 2. The predicted octanol–water partition coefficient (Wildman–Crippen LogP) is 3.34. The molecular weight excluding hydrogens is 549 g/mol. The molecule has 4 N–H and O–H groups in total. The van der Waals surface area contributed by atoms with Crippen LogP contribution in [-0.2, 0) is 10.0 Å². The van der Waals surface area contributed by atoms with Crippen LogP contribution in [-0.4, -0.2) is 59.4 Å². The Bertz CT molecular complexity index is 1730. The lowest BCUT2D eigenvalue weighted by Gasteiger charge is -2.32. The Morgan fingerprint density at radius 2 is 1.83 bits per heavy atom. The maximum Gasteiger partial charge on any atom is 0.273 e. The molecule has 214 valence electrons. The fraction of sp³-hybridized carbons (Fsp3) is 0.286. The monoisotopic (exact) mass is 579 g/mol. The molecule has 0 saturated carbocycles. The average molecular weight is 580 g/mol. The molecule has 2 aromatic heterocycles. The number of carbonyl (C=O) groups is 2. The number of fused-ring (bicyclic) bond motifs is 1. The highest BCUT2D eigenvalue weighted by molar-refractivity contribution is 7.89. The number of carbonyl (C=O) groups excluding carboxylic acids is 2. The summed E-state index contributed by atoms with van der Waals surface area (Å²) in [6.45, 7) is 4.56. The number of rotatable bonds is 7. The van der Waals surface area contributed by atoms with Crippen LogP contribution in [0.3, 0.4) is 0 Å². The van der Waals surface area contributed by atoms with Crippen molar-refractivity contribution in [2.24, 2.45) is 5.14 Å². The van der Waals surface area contributed by atoms with E-state index in [1.165, 1.54) is 30.0 Å². The van der Waals surface area contributed by atoms with E-state index < -0.39 is 32.3 Å². The predicted molar refractivity (Wildman–Crippen MR) is 151 cm³/mol. The number of nitrogens with zero attached hydrogens (tertiary/aromatic N) is 4. The van der Waals surface area contributed by atoms with Gasteiger partial charge < -0.3 is 15.5 Å². The van der Waals surface area contributed by atoms with Gasteiger partial charge in [0.05, 0.1) is 0 Å². The molecule has 0 bridgehead atoms. The number of aryl methyl sites for hydroxylation is 1. The first-order valence-corrected chi connectivity index (χ1v) is 14.7. The molecule has 5 rings (SSSR count). The number of nitrogens with two attached hydrogens (primary N) is 1. The van der Waals surface area contributed by atoms with E-state index in [1.54, 1.807) is 18.7 Å². The fourth-order valence-corrected chi connectivity index (χ4v) is 5.90. The molecule has 11 nitrogen and oxygen atoms in total. The van der Waals surface area contributed by atoms with Crippen molar-refractivity contribution in [3.05, 3.63) is 82.9 Å². The molecule has 2 aromatic carbocycles. The number of likely N-dealkylation sites (tertiary alicyclic amines) is 1. The maximum absolute atomic E-state index is 13.9. The largest absolute Gasteiger partial charge is 0.351 e. The minimum atomic E-state index is -4.45. The number of hydrogen-bond donors (Lipinski definition) is 3. The van der Waals surface area contributed by atoms with Crippen LogP contribution >= 0.6 is 0 Å². The molecule has 0 atom stereocenters. The second-order valence-corrected chi connectivity index (χ2v) is 11.4. The van der Waals surface area contributed by atoms with Crippen LogP contribution < -0.4 is 15.8 Å². The number of primary sulfonamides is 1. The van der Waals surface area contributed by atoms with Crippen molar-refractivity contribution >= 4 is 39.0 Å². The highest BCUT2D eigenvalue weighted by Gasteiger charge is 2.32. The molecule has 1 fully saturated rings. The summed E-state index contributed by atoms with van der Waals surface area (Å²) in [5.74, 6) is -1.16. The zero-order chi connectivity index (χ0) is 29.3. The number of sulfonamides is 1. The Hall–Kier alpha value is -4.36. The maximum atomic E-state index is 13.9. The minimum Gasteiger partial charge on any atom is -0.351 e. The van der Waals surface area contributed by atoms with Crippen molar-refractivity contribution in [2.45, 2.75) is 37.5 Å². The van der Waals surface area contributed by atoms with E-state index in [0.717, 1.165) is 17.4 Å². The van der Waals surface area contributed by atoms with Crippen LogP contribution in [0, 0.1) is 12.7 Å². The van der Waals surface area contributed by atoms with Gasteiger partial charge in [0.15, 0.2) is 16.2 Å². The van der Waals surface area contributed by atoms with Crippen LogP contribution in [0.15, 0.2) is 59.6 Å². The first-order chi connectivity index (χ1) is 19.6. The van der Waals surface area contributed by atoms with E-state index >= 15 is 0 Å². The number of halogens is 1. The summed E-state index contributed by atoms with van der Waals surface area (Å²) >= 11 is 0. The van der Waals surface area contributed by atoms with Crippen LogP contribution in [0.4, 0.5) is 15.9 Å². The second-order valence-electron chi connectivity index (χ2n) is 9.90. The number of aromatic nitrogens is 3. The summed E-state index contributed by atoms with van der Waals surface area (Å²) < 4.78 is 40.1. The highest BCUT2D eigenvalue weighted by atomic mass is 32.2. The van der Waals surface area contributed by atoms with Crippen molar-refractivity contribution in [1.29, 1.82) is 0 Å². The Morgan fingerprint density at radius 3 is 2.46 bits per heavy atom. The molecule has 1 aliphatic heterocycles. The summed E-state index contributed by atoms with van der Waals surface area (Å²) in [6.07, 6.45) is 2.79. The number of benzene rings is 2. The van der Waals surface area contributed by atoms with Crippen molar-refractivity contribution in [2.75, 3.05) is 25.0 Å². The number of anilines is 2. The zero-order valence-corrected chi connectivity index (χ0v) is 23.4. The molecule has 2 amide bonds. The first-order valence-electron chi connectivity index (χ1n) is 13.2. The zero-order valence-electron chi connectivity index (χ0n) is 22.6. The Labute approximate surface area is 236 Å². The van der Waals surface area contributed by atoms with Crippen LogP contribution in [0.2, 0.25) is 0 Å². The van der Waals surface area contributed by atoms with Crippen molar-refractivity contribution in [3.8, 4) is 0 Å². The molecular formula is C28H30FN7O4S. The standard InChI is InChI=1S/C28H30FN7O4S/c1-3-31-27(37)23-24(41(30,39)40)26-32-16-21(25(36(26)34-23)33-22-10-9-20(29)15-17(22)2)28(38)35-13-11-19(12-14-35)18-7-5-4-6-8-18/h4-10,15-16,19,33H,3,11-14H2,1-2H3,(H,31,37)(H2,30,39,40). The summed E-state index contributed by atoms with van der Waals surface area (Å²) in [4.78, 5) is 32.1. The van der Waals surface area contributed by atoms with Gasteiger partial charge in [-0.05, 0) is 61.9 Å². The SMILES string of the molecule is CCNC(=O)c1nn2c(Nc3ccc(F)cc3C)c(C(=O)N3CCC(c4ccccc4)CC3)cnc2c1S(N)(=O)=O. The van der Waals surface area contributed by atoms with Gasteiger partial charge in [-0.2, -0.15) is 9.61 Å². The molecule has 13 heteroatoms. The van der Waals surface area contributed by atoms with Gasteiger partial charge in [-0.15, -0.1) is 0 Å². The van der Waals surface area contributed by atoms with Crippen molar-refractivity contribution in [3.63, 3.8) is 0 Å². The van der Waals surface area contributed by atoms with Gasteiger partial charge in [0.2, 0.25) is 10.0 Å². The lowest BCUT2D eigenvalue weighted by Crippen LogP contribution is -2.38. The third-order valence-corrected chi connectivity index (χ3v) is 8.11. The van der Waals surface area contributed by atoms with Gasteiger partial charge in [-0.1, -0.05) is 30.3 Å². The smallest absolute Gasteiger partial charge is 0.273 e. The number of nitrogens with one attached hydrogen (secondary N) is 2. The molecule has 0 radical (unpaired) electrons. The summed E-state index contributed by atoms with van der Waals surface area (Å²) in [5.41, 5.74) is 1.62. The van der Waals surface area contributed by atoms with Gasteiger partial charge in [-0.25, -0.2) is 22.9 Å². The Morgan fingerprint density at radius 1 is 1.12 bits per heavy atom. The van der Waals surface area contributed by atoms with Gasteiger partial charge in [0.25, 0.3) is 11.8 Å². The summed E-state index contributed by atoms with van der Waals surface area (Å²) in [6, 6.07) is 14.2. The van der Waals surface area contributed by atoms with Crippen LogP contribution in [0.1, 0.15) is 57.7 Å². The Kier molecular flexibility index (Phi) is 7.74. The quantitative estimate of drug-likeness (QED) is 0.304. The van der Waals surface area contributed by atoms with E-state index in [1.807, 2.05) is 18.2 Å². The summed E-state index contributed by atoms with van der Waals surface area (Å²) in [7, 11) is -4.45. The highest BCUT2D eigenvalue weighted by Crippen LogP contribution is 2.32. The topological polar surface area (TPSA) is 152 Å². The molecule has 41 heavy (non-hydrogen) atoms. The van der Waals surface area contributed by atoms with E-state index in [-0.39, 0.29) is 29.5 Å². The van der Waals surface area contributed by atoms with E-state index in [0.29, 0.717) is 30.3 Å². The number of piperidine rings is 1. The molecule has 0 unspecified atom stereocenters. The van der Waals surface area contributed by atoms with E-state index in [9.17, 15) is 22.4 Å². The fourth-order valence-electron chi connectivity index (χ4n) is 5.10. The molecule has 0 aliphatic carbocycles. The van der Waals surface area contributed by atoms with E-state index in [2.05, 4.69) is 32.8 Å². The normalized spacial score (nSPS) is 14.3. The van der Waals surface area contributed by atoms with Crippen molar-refractivity contribution < 1.29 is 22.4 Å². The van der Waals surface area contributed by atoms with Gasteiger partial charge in [0, 0.05) is 31.5 Å². The second kappa shape index (κ2) is 11.3. The molecule has 1 saturated heterocycles. The van der Waals surface area contributed by atoms with Crippen LogP contribution in [0.25, 0.3) is 5.65 Å². The minimum absolute atomic E-state index is 0.0698. The molecule has 1 aliphatic rings. The third kappa shape index (κ3) is 5.63. The first kappa shape index (κ1) is 28.2. The van der Waals surface area contributed by atoms with Gasteiger partial charge >= 0.3 is 0 Å². The van der Waals surface area contributed by atoms with E-state index in [4.69, 9.17) is 5.14 Å². The lowest BCUT2D eigenvalue weighted by atomic mass is 9.89. The number of hydrogen-bond acceptors (Lipinski definition) is 7. The lowest BCUT2D eigenvalue weighted by molar-refractivity contribution is 0.0713. The van der Waals surface area contributed by atoms with Crippen molar-refractivity contribution in [1.82, 2.24) is 24.8 Å². The van der Waals surface area contributed by atoms with Gasteiger partial charge in [-0.3, -0.25) is 9.59 Å². The third-order valence-electron chi connectivity index (χ3n) is 7.16. The van der Waals surface area contributed by atoms with Crippen LogP contribution in [0.5, 0.6) is 0 Å². The van der Waals surface area contributed by atoms with Gasteiger partial charge in [0.1, 0.15) is 17.2 Å². The average Bonchev–Trinajstić information content (AvgIpc) is 3.36. The summed E-state index contributed by atoms with van der Waals surface area (Å²) in [5, 5.41) is 15.4. The molecule has 4 aromatic rings.